The van der Waals surface area contributed by atoms with Crippen LogP contribution in [0.4, 0.5) is 5.82 Å². The normalized spacial score (nSPS) is 16.6. The molecule has 5 nitrogen and oxygen atoms in total. The molecule has 1 aliphatic carbocycles. The minimum absolute atomic E-state index is 0.186. The van der Waals surface area contributed by atoms with Crippen molar-refractivity contribution in [3.05, 3.63) is 23.4 Å². The minimum atomic E-state index is -0.899. The van der Waals surface area contributed by atoms with Crippen LogP contribution < -0.4 is 5.32 Å². The van der Waals surface area contributed by atoms with Gasteiger partial charge in [0.05, 0.1) is 5.56 Å². The summed E-state index contributed by atoms with van der Waals surface area (Å²) in [5.74, 6) is -0.227. The highest BCUT2D eigenvalue weighted by molar-refractivity contribution is 5.88. The number of hydrogen-bond donors (Lipinski definition) is 2. The van der Waals surface area contributed by atoms with Gasteiger partial charge in [0.15, 0.2) is 0 Å². The Morgan fingerprint density at radius 3 is 2.62 bits per heavy atom. The summed E-state index contributed by atoms with van der Waals surface area (Å²) < 4.78 is 0. The molecule has 0 atom stereocenters. The maximum absolute atomic E-state index is 11.2. The molecule has 1 heterocycles. The van der Waals surface area contributed by atoms with E-state index >= 15 is 0 Å². The number of hydrogen-bond acceptors (Lipinski definition) is 4. The third-order valence-corrected chi connectivity index (χ3v) is 4.46. The fraction of sp³-hybridized carbons (Fsp3) is 0.625. The van der Waals surface area contributed by atoms with Crippen LogP contribution in [0.25, 0.3) is 0 Å². The van der Waals surface area contributed by atoms with E-state index in [9.17, 15) is 9.90 Å². The highest BCUT2D eigenvalue weighted by Crippen LogP contribution is 2.36. The molecule has 2 rings (SSSR count). The fourth-order valence-electron chi connectivity index (χ4n) is 2.81. The lowest BCUT2D eigenvalue weighted by Crippen LogP contribution is -2.54. The van der Waals surface area contributed by atoms with Gasteiger partial charge in [-0.25, -0.2) is 9.78 Å². The zero-order chi connectivity index (χ0) is 15.5. The SMILES string of the molecule is CCCc1cc(C(=O)O)cc(NCC2(N(C)C)CCC2)n1. The second-order valence-corrected chi connectivity index (χ2v) is 6.11. The van der Waals surface area contributed by atoms with E-state index in [1.807, 2.05) is 0 Å². The molecule has 0 unspecified atom stereocenters. The Kier molecular flexibility index (Phi) is 4.83. The number of pyridine rings is 1. The summed E-state index contributed by atoms with van der Waals surface area (Å²) in [6.07, 6.45) is 5.36. The molecule has 1 aromatic rings. The van der Waals surface area contributed by atoms with Gasteiger partial charge in [-0.05, 0) is 51.9 Å². The number of aromatic nitrogens is 1. The number of aryl methyl sites for hydroxylation is 1. The van der Waals surface area contributed by atoms with Crippen LogP contribution in [0.5, 0.6) is 0 Å². The smallest absolute Gasteiger partial charge is 0.335 e. The number of carboxylic acid groups (broad SMARTS) is 1. The highest BCUT2D eigenvalue weighted by atomic mass is 16.4. The van der Waals surface area contributed by atoms with Crippen LogP contribution in [0.3, 0.4) is 0 Å². The Balaban J connectivity index is 2.13. The quantitative estimate of drug-likeness (QED) is 0.808. The lowest BCUT2D eigenvalue weighted by molar-refractivity contribution is 0.0696. The molecule has 5 heteroatoms. The van der Waals surface area contributed by atoms with Gasteiger partial charge in [0.1, 0.15) is 5.82 Å². The van der Waals surface area contributed by atoms with Crippen molar-refractivity contribution in [3.8, 4) is 0 Å². The van der Waals surface area contributed by atoms with E-state index in [0.29, 0.717) is 11.4 Å². The Morgan fingerprint density at radius 2 is 2.14 bits per heavy atom. The van der Waals surface area contributed by atoms with Crippen LogP contribution in [0.2, 0.25) is 0 Å². The van der Waals surface area contributed by atoms with E-state index in [-0.39, 0.29) is 5.54 Å². The summed E-state index contributed by atoms with van der Waals surface area (Å²) in [6.45, 7) is 2.87. The monoisotopic (exact) mass is 291 g/mol. The molecule has 0 radical (unpaired) electrons. The molecule has 2 N–H and O–H groups in total. The van der Waals surface area contributed by atoms with Gasteiger partial charge in [-0.15, -0.1) is 0 Å². The van der Waals surface area contributed by atoms with Gasteiger partial charge in [-0.1, -0.05) is 13.3 Å². The van der Waals surface area contributed by atoms with Crippen LogP contribution in [-0.4, -0.2) is 47.1 Å². The summed E-state index contributed by atoms with van der Waals surface area (Å²) in [5, 5.41) is 12.6. The summed E-state index contributed by atoms with van der Waals surface area (Å²) in [6, 6.07) is 3.30. The average Bonchev–Trinajstić information content (AvgIpc) is 2.37. The number of carboxylic acids is 1. The van der Waals surface area contributed by atoms with Gasteiger partial charge in [0.25, 0.3) is 0 Å². The standard InChI is InChI=1S/C16H25N3O2/c1-4-6-13-9-12(15(20)21)10-14(18-13)17-11-16(19(2)3)7-5-8-16/h9-10H,4-8,11H2,1-3H3,(H,17,18)(H,20,21). The molecule has 1 fully saturated rings. The molecule has 116 valence electrons. The number of nitrogens with zero attached hydrogens (tertiary/aromatic N) is 2. The maximum atomic E-state index is 11.2. The molecule has 1 aromatic heterocycles. The van der Waals surface area contributed by atoms with E-state index in [2.05, 4.69) is 36.2 Å². The topological polar surface area (TPSA) is 65.5 Å². The number of aromatic carboxylic acids is 1. The van der Waals surface area contributed by atoms with Crippen LogP contribution in [0.1, 0.15) is 48.7 Å². The summed E-state index contributed by atoms with van der Waals surface area (Å²) >= 11 is 0. The fourth-order valence-corrected chi connectivity index (χ4v) is 2.81. The van der Waals surface area contributed by atoms with Crippen molar-refractivity contribution < 1.29 is 9.90 Å². The summed E-state index contributed by atoms with van der Waals surface area (Å²) in [5.41, 5.74) is 1.34. The lowest BCUT2D eigenvalue weighted by Gasteiger charge is -2.47. The third-order valence-electron chi connectivity index (χ3n) is 4.46. The molecule has 0 aromatic carbocycles. The zero-order valence-electron chi connectivity index (χ0n) is 13.1. The lowest BCUT2D eigenvalue weighted by atomic mass is 9.75. The molecule has 0 amide bonds. The molecular formula is C16H25N3O2. The van der Waals surface area contributed by atoms with Crippen molar-refractivity contribution >= 4 is 11.8 Å². The second kappa shape index (κ2) is 6.43. The first-order chi connectivity index (χ1) is 9.97. The van der Waals surface area contributed by atoms with E-state index in [4.69, 9.17) is 0 Å². The largest absolute Gasteiger partial charge is 0.478 e. The Bertz CT molecular complexity index is 510. The van der Waals surface area contributed by atoms with Crippen molar-refractivity contribution in [2.75, 3.05) is 26.0 Å². The van der Waals surface area contributed by atoms with Crippen LogP contribution >= 0.6 is 0 Å². The predicted octanol–water partition coefficient (Wildman–Crippen LogP) is 2.63. The number of nitrogens with one attached hydrogen (secondary N) is 1. The van der Waals surface area contributed by atoms with Gasteiger partial charge >= 0.3 is 5.97 Å². The first-order valence-corrected chi connectivity index (χ1v) is 7.62. The third kappa shape index (κ3) is 3.53. The molecular weight excluding hydrogens is 266 g/mol. The van der Waals surface area contributed by atoms with E-state index in [1.54, 1.807) is 12.1 Å². The number of anilines is 1. The highest BCUT2D eigenvalue weighted by Gasteiger charge is 2.38. The van der Waals surface area contributed by atoms with Crippen LogP contribution in [-0.2, 0) is 6.42 Å². The first-order valence-electron chi connectivity index (χ1n) is 7.62. The summed E-state index contributed by atoms with van der Waals surface area (Å²) in [7, 11) is 4.20. The average molecular weight is 291 g/mol. The molecule has 0 bridgehead atoms. The molecule has 0 aliphatic heterocycles. The van der Waals surface area contributed by atoms with E-state index in [1.165, 1.54) is 19.3 Å². The second-order valence-electron chi connectivity index (χ2n) is 6.11. The molecule has 21 heavy (non-hydrogen) atoms. The Morgan fingerprint density at radius 1 is 1.43 bits per heavy atom. The zero-order valence-corrected chi connectivity index (χ0v) is 13.1. The van der Waals surface area contributed by atoms with Crippen molar-refractivity contribution in [3.63, 3.8) is 0 Å². The van der Waals surface area contributed by atoms with E-state index in [0.717, 1.165) is 25.1 Å². The van der Waals surface area contributed by atoms with Gasteiger partial charge in [0.2, 0.25) is 0 Å². The van der Waals surface area contributed by atoms with Gasteiger partial charge in [-0.3, -0.25) is 0 Å². The molecule has 0 spiro atoms. The number of carbonyl (C=O) groups is 1. The first kappa shape index (κ1) is 15.8. The van der Waals surface area contributed by atoms with Gasteiger partial charge in [-0.2, -0.15) is 0 Å². The molecule has 1 saturated carbocycles. The van der Waals surface area contributed by atoms with Crippen molar-refractivity contribution in [1.29, 1.82) is 0 Å². The molecule has 0 saturated heterocycles. The van der Waals surface area contributed by atoms with Crippen molar-refractivity contribution in [1.82, 2.24) is 9.88 Å². The minimum Gasteiger partial charge on any atom is -0.478 e. The summed E-state index contributed by atoms with van der Waals surface area (Å²) in [4.78, 5) is 18.0. The predicted molar refractivity (Wildman–Crippen MR) is 84.0 cm³/mol. The van der Waals surface area contributed by atoms with E-state index < -0.39 is 5.97 Å². The van der Waals surface area contributed by atoms with Crippen molar-refractivity contribution in [2.45, 2.75) is 44.6 Å². The Hall–Kier alpha value is -1.62. The molecule has 1 aliphatic rings. The van der Waals surface area contributed by atoms with Crippen LogP contribution in [0, 0.1) is 0 Å². The Labute approximate surface area is 126 Å². The van der Waals surface area contributed by atoms with Crippen LogP contribution in [0.15, 0.2) is 12.1 Å². The van der Waals surface area contributed by atoms with Gasteiger partial charge < -0.3 is 15.3 Å². The van der Waals surface area contributed by atoms with Gasteiger partial charge in [0, 0.05) is 17.8 Å². The number of rotatable bonds is 7. The maximum Gasteiger partial charge on any atom is 0.335 e. The number of likely N-dealkylation sites (N-methyl/N-ethyl adjacent to an activating group) is 1. The van der Waals surface area contributed by atoms with Crippen molar-refractivity contribution in [2.24, 2.45) is 0 Å².